The predicted molar refractivity (Wildman–Crippen MR) is 83.2 cm³/mol. The van der Waals surface area contributed by atoms with Crippen molar-refractivity contribution < 1.29 is 9.59 Å². The fraction of sp³-hybridized carbons (Fsp3) is 0.533. The minimum atomic E-state index is -0.204. The third kappa shape index (κ3) is 6.25. The summed E-state index contributed by atoms with van der Waals surface area (Å²) in [6.45, 7) is 7.71. The molecule has 0 aliphatic carbocycles. The van der Waals surface area contributed by atoms with E-state index in [1.165, 1.54) is 0 Å². The first-order valence-corrected chi connectivity index (χ1v) is 7.27. The third-order valence-electron chi connectivity index (χ3n) is 2.78. The molecule has 0 fully saturated rings. The van der Waals surface area contributed by atoms with Crippen molar-refractivity contribution >= 4 is 17.5 Å². The zero-order valence-electron chi connectivity index (χ0n) is 12.9. The monoisotopic (exact) mass is 292 g/mol. The molecule has 0 saturated heterocycles. The van der Waals surface area contributed by atoms with Gasteiger partial charge in [0.05, 0.1) is 17.4 Å². The molecule has 0 aliphatic rings. The predicted octanol–water partition coefficient (Wildman–Crippen LogP) is 1.41. The van der Waals surface area contributed by atoms with Crippen molar-refractivity contribution in [1.29, 1.82) is 0 Å². The van der Waals surface area contributed by atoms with E-state index >= 15 is 0 Å². The van der Waals surface area contributed by atoms with Gasteiger partial charge in [0, 0.05) is 32.3 Å². The van der Waals surface area contributed by atoms with Gasteiger partial charge in [0.15, 0.2) is 0 Å². The van der Waals surface area contributed by atoms with Crippen LogP contribution in [0.5, 0.6) is 0 Å². The molecular formula is C15H24N4O2. The highest BCUT2D eigenvalue weighted by molar-refractivity contribution is 5.99. The molecule has 2 amide bonds. The summed E-state index contributed by atoms with van der Waals surface area (Å²) < 4.78 is 0. The lowest BCUT2D eigenvalue weighted by Gasteiger charge is -2.11. The number of amides is 2. The van der Waals surface area contributed by atoms with Gasteiger partial charge in [-0.1, -0.05) is 13.8 Å². The SMILES string of the molecule is CCNc1cnccc1C(=O)NCCC(=O)NCC(C)C. The second-order valence-electron chi connectivity index (χ2n) is 5.16. The van der Waals surface area contributed by atoms with Crippen molar-refractivity contribution in [3.63, 3.8) is 0 Å². The Hall–Kier alpha value is -2.11. The molecule has 6 nitrogen and oxygen atoms in total. The number of rotatable bonds is 8. The Morgan fingerprint density at radius 3 is 2.71 bits per heavy atom. The lowest BCUT2D eigenvalue weighted by atomic mass is 10.2. The number of carbonyl (C=O) groups is 2. The van der Waals surface area contributed by atoms with Crippen LogP contribution >= 0.6 is 0 Å². The van der Waals surface area contributed by atoms with Gasteiger partial charge < -0.3 is 16.0 Å². The van der Waals surface area contributed by atoms with Crippen LogP contribution in [0.1, 0.15) is 37.6 Å². The Bertz CT molecular complexity index is 474. The average molecular weight is 292 g/mol. The maximum absolute atomic E-state index is 12.1. The Kier molecular flexibility index (Phi) is 7.21. The van der Waals surface area contributed by atoms with Crippen LogP contribution in [0, 0.1) is 5.92 Å². The van der Waals surface area contributed by atoms with Crippen LogP contribution in [-0.4, -0.2) is 36.4 Å². The highest BCUT2D eigenvalue weighted by atomic mass is 16.2. The molecule has 21 heavy (non-hydrogen) atoms. The lowest BCUT2D eigenvalue weighted by molar-refractivity contribution is -0.121. The first-order chi connectivity index (χ1) is 10.0. The number of pyridine rings is 1. The smallest absolute Gasteiger partial charge is 0.253 e. The minimum absolute atomic E-state index is 0.0503. The van der Waals surface area contributed by atoms with Crippen LogP contribution in [0.15, 0.2) is 18.5 Å². The topological polar surface area (TPSA) is 83.1 Å². The molecule has 6 heteroatoms. The molecule has 1 heterocycles. The zero-order chi connectivity index (χ0) is 15.7. The van der Waals surface area contributed by atoms with E-state index in [4.69, 9.17) is 0 Å². The summed E-state index contributed by atoms with van der Waals surface area (Å²) in [5.74, 6) is 0.165. The maximum Gasteiger partial charge on any atom is 0.253 e. The maximum atomic E-state index is 12.1. The number of hydrogen-bond donors (Lipinski definition) is 3. The molecule has 0 aromatic carbocycles. The molecular weight excluding hydrogens is 268 g/mol. The van der Waals surface area contributed by atoms with Crippen LogP contribution < -0.4 is 16.0 Å². The van der Waals surface area contributed by atoms with Crippen LogP contribution in [0.25, 0.3) is 0 Å². The van der Waals surface area contributed by atoms with Crippen LogP contribution in [0.4, 0.5) is 5.69 Å². The number of anilines is 1. The van der Waals surface area contributed by atoms with Gasteiger partial charge in [0.25, 0.3) is 5.91 Å². The van der Waals surface area contributed by atoms with Crippen molar-refractivity contribution in [2.24, 2.45) is 5.92 Å². The Morgan fingerprint density at radius 1 is 1.29 bits per heavy atom. The molecule has 0 aliphatic heterocycles. The second-order valence-corrected chi connectivity index (χ2v) is 5.16. The number of hydrogen-bond acceptors (Lipinski definition) is 4. The van der Waals surface area contributed by atoms with Gasteiger partial charge in [0.1, 0.15) is 0 Å². The number of aromatic nitrogens is 1. The van der Waals surface area contributed by atoms with Crippen LogP contribution in [-0.2, 0) is 4.79 Å². The zero-order valence-corrected chi connectivity index (χ0v) is 12.9. The van der Waals surface area contributed by atoms with E-state index in [1.807, 2.05) is 20.8 Å². The lowest BCUT2D eigenvalue weighted by Crippen LogP contribution is -2.32. The van der Waals surface area contributed by atoms with Crippen molar-refractivity contribution in [3.05, 3.63) is 24.0 Å². The summed E-state index contributed by atoms with van der Waals surface area (Å²) in [6.07, 6.45) is 3.47. The highest BCUT2D eigenvalue weighted by Crippen LogP contribution is 2.12. The summed E-state index contributed by atoms with van der Waals surface area (Å²) in [7, 11) is 0. The van der Waals surface area contributed by atoms with Gasteiger partial charge in [0.2, 0.25) is 5.91 Å². The quantitative estimate of drug-likeness (QED) is 0.676. The second kappa shape index (κ2) is 8.94. The van der Waals surface area contributed by atoms with Gasteiger partial charge >= 0.3 is 0 Å². The van der Waals surface area contributed by atoms with Crippen molar-refractivity contribution in [3.8, 4) is 0 Å². The van der Waals surface area contributed by atoms with Crippen molar-refractivity contribution in [2.45, 2.75) is 27.2 Å². The fourth-order valence-electron chi connectivity index (χ4n) is 1.71. The van der Waals surface area contributed by atoms with Gasteiger partial charge in [-0.2, -0.15) is 0 Å². The molecule has 1 aromatic rings. The first-order valence-electron chi connectivity index (χ1n) is 7.27. The standard InChI is InChI=1S/C15H24N4O2/c1-4-17-13-10-16-7-5-12(13)15(21)18-8-6-14(20)19-9-11(2)3/h5,7,10-11,17H,4,6,8-9H2,1-3H3,(H,18,21)(H,19,20). The summed E-state index contributed by atoms with van der Waals surface area (Å²) in [6, 6.07) is 1.66. The number of carbonyl (C=O) groups excluding carboxylic acids is 2. The van der Waals surface area contributed by atoms with E-state index in [0.717, 1.165) is 0 Å². The number of nitrogens with zero attached hydrogens (tertiary/aromatic N) is 1. The first kappa shape index (κ1) is 16.9. The normalized spacial score (nSPS) is 10.3. The van der Waals surface area contributed by atoms with Gasteiger partial charge in [-0.3, -0.25) is 14.6 Å². The van der Waals surface area contributed by atoms with E-state index in [1.54, 1.807) is 18.5 Å². The van der Waals surface area contributed by atoms with E-state index < -0.39 is 0 Å². The summed E-state index contributed by atoms with van der Waals surface area (Å²) >= 11 is 0. The van der Waals surface area contributed by atoms with Gasteiger partial charge in [-0.15, -0.1) is 0 Å². The van der Waals surface area contributed by atoms with E-state index in [-0.39, 0.29) is 18.2 Å². The van der Waals surface area contributed by atoms with Crippen molar-refractivity contribution in [2.75, 3.05) is 25.0 Å². The molecule has 0 saturated carbocycles. The fourth-order valence-corrected chi connectivity index (χ4v) is 1.71. The molecule has 116 valence electrons. The molecule has 0 radical (unpaired) electrons. The molecule has 0 bridgehead atoms. The van der Waals surface area contributed by atoms with E-state index in [9.17, 15) is 9.59 Å². The van der Waals surface area contributed by atoms with Crippen LogP contribution in [0.3, 0.4) is 0 Å². The molecule has 0 spiro atoms. The van der Waals surface area contributed by atoms with E-state index in [0.29, 0.717) is 36.8 Å². The van der Waals surface area contributed by atoms with Gasteiger partial charge in [-0.05, 0) is 18.9 Å². The summed E-state index contributed by atoms with van der Waals surface area (Å²) in [4.78, 5) is 27.6. The van der Waals surface area contributed by atoms with Crippen molar-refractivity contribution in [1.82, 2.24) is 15.6 Å². The van der Waals surface area contributed by atoms with E-state index in [2.05, 4.69) is 20.9 Å². The average Bonchev–Trinajstić information content (AvgIpc) is 2.46. The third-order valence-corrected chi connectivity index (χ3v) is 2.78. The molecule has 0 atom stereocenters. The summed E-state index contributed by atoms with van der Waals surface area (Å²) in [5, 5.41) is 8.65. The Labute approximate surface area is 125 Å². The molecule has 1 rings (SSSR count). The molecule has 1 aromatic heterocycles. The highest BCUT2D eigenvalue weighted by Gasteiger charge is 2.11. The Morgan fingerprint density at radius 2 is 2.05 bits per heavy atom. The van der Waals surface area contributed by atoms with Crippen LogP contribution in [0.2, 0.25) is 0 Å². The molecule has 3 N–H and O–H groups in total. The largest absolute Gasteiger partial charge is 0.383 e. The Balaban J connectivity index is 2.42. The summed E-state index contributed by atoms with van der Waals surface area (Å²) in [5.41, 5.74) is 1.23. The molecule has 0 unspecified atom stereocenters. The van der Waals surface area contributed by atoms with Gasteiger partial charge in [-0.25, -0.2) is 0 Å². The number of nitrogens with one attached hydrogen (secondary N) is 3. The minimum Gasteiger partial charge on any atom is -0.383 e.